The largest absolute Gasteiger partial charge is 0.316 e. The van der Waals surface area contributed by atoms with Crippen molar-refractivity contribution in [1.29, 1.82) is 0 Å². The molecule has 0 fully saturated rings. The average molecular weight is 274 g/mol. The molecular weight excluding hydrogens is 244 g/mol. The molecule has 1 aromatic rings. The number of nitrogens with one attached hydrogen (secondary N) is 1. The van der Waals surface area contributed by atoms with Crippen molar-refractivity contribution in [2.75, 3.05) is 33.7 Å². The molecular formula is C18H30N2. The monoisotopic (exact) mass is 274 g/mol. The van der Waals surface area contributed by atoms with Gasteiger partial charge in [0.25, 0.3) is 0 Å². The summed E-state index contributed by atoms with van der Waals surface area (Å²) in [6.45, 7) is 15.1. The molecule has 0 unspecified atom stereocenters. The number of likely N-dealkylation sites (N-methyl/N-ethyl adjacent to an activating group) is 2. The van der Waals surface area contributed by atoms with Gasteiger partial charge in [0.05, 0.1) is 0 Å². The van der Waals surface area contributed by atoms with Gasteiger partial charge in [-0.2, -0.15) is 0 Å². The number of rotatable bonds is 7. The molecule has 1 aromatic carbocycles. The molecule has 20 heavy (non-hydrogen) atoms. The summed E-state index contributed by atoms with van der Waals surface area (Å²) in [5.74, 6) is 0. The van der Waals surface area contributed by atoms with E-state index in [1.807, 2.05) is 12.2 Å². The van der Waals surface area contributed by atoms with Crippen molar-refractivity contribution in [2.24, 2.45) is 0 Å². The van der Waals surface area contributed by atoms with E-state index in [0.29, 0.717) is 0 Å². The minimum absolute atomic E-state index is 1.04. The van der Waals surface area contributed by atoms with E-state index < -0.39 is 0 Å². The number of hydrogen-bond donors (Lipinski definition) is 1. The summed E-state index contributed by atoms with van der Waals surface area (Å²) in [7, 11) is 4.16. The zero-order valence-electron chi connectivity index (χ0n) is 13.6. The highest BCUT2D eigenvalue weighted by molar-refractivity contribution is 5.66. The molecule has 0 atom stereocenters. The number of hydrogen-bond acceptors (Lipinski definition) is 2. The quantitative estimate of drug-likeness (QED) is 0.763. The van der Waals surface area contributed by atoms with E-state index in [1.165, 1.54) is 16.7 Å². The molecule has 0 aliphatic carbocycles. The molecule has 2 heteroatoms. The van der Waals surface area contributed by atoms with Crippen LogP contribution in [-0.2, 0) is 6.42 Å². The highest BCUT2D eigenvalue weighted by Gasteiger charge is 1.99. The Balaban J connectivity index is 0.000000396. The fraction of sp³-hybridized carbons (Fsp3) is 0.444. The fourth-order valence-corrected chi connectivity index (χ4v) is 1.85. The first-order valence-electron chi connectivity index (χ1n) is 7.32. The summed E-state index contributed by atoms with van der Waals surface area (Å²) < 4.78 is 0. The van der Waals surface area contributed by atoms with Gasteiger partial charge in [0, 0.05) is 13.1 Å². The van der Waals surface area contributed by atoms with Gasteiger partial charge in [0.1, 0.15) is 0 Å². The summed E-state index contributed by atoms with van der Waals surface area (Å²) in [5.41, 5.74) is 3.72. The van der Waals surface area contributed by atoms with Crippen LogP contribution in [-0.4, -0.2) is 38.6 Å². The fourth-order valence-electron chi connectivity index (χ4n) is 1.85. The van der Waals surface area contributed by atoms with E-state index in [-0.39, 0.29) is 0 Å². The van der Waals surface area contributed by atoms with E-state index in [0.717, 1.165) is 26.1 Å². The van der Waals surface area contributed by atoms with Gasteiger partial charge in [-0.25, -0.2) is 0 Å². The molecule has 2 nitrogen and oxygen atoms in total. The Hall–Kier alpha value is -1.38. The van der Waals surface area contributed by atoms with Crippen LogP contribution in [0.1, 0.15) is 30.5 Å². The molecule has 0 saturated heterocycles. The summed E-state index contributed by atoms with van der Waals surface area (Å²) in [4.78, 5) is 2.17. The Morgan fingerprint density at radius 1 is 1.15 bits per heavy atom. The van der Waals surface area contributed by atoms with Crippen LogP contribution >= 0.6 is 0 Å². The zero-order chi connectivity index (χ0) is 15.4. The SMILES string of the molecule is C=Cc1cccc(CC)c1C=C.CCNCCN(C)C. The van der Waals surface area contributed by atoms with Crippen molar-refractivity contribution in [3.8, 4) is 0 Å². The molecule has 0 heterocycles. The number of benzene rings is 1. The Labute approximate surface area is 125 Å². The third-order valence-corrected chi connectivity index (χ3v) is 3.02. The second-order valence-corrected chi connectivity index (χ2v) is 4.84. The molecule has 0 aliphatic rings. The molecule has 0 amide bonds. The van der Waals surface area contributed by atoms with E-state index in [1.54, 1.807) is 0 Å². The van der Waals surface area contributed by atoms with Gasteiger partial charge in [0.2, 0.25) is 0 Å². The van der Waals surface area contributed by atoms with Crippen LogP contribution in [0.5, 0.6) is 0 Å². The lowest BCUT2D eigenvalue weighted by Gasteiger charge is -2.08. The molecule has 0 radical (unpaired) electrons. The Morgan fingerprint density at radius 2 is 1.85 bits per heavy atom. The van der Waals surface area contributed by atoms with Crippen LogP contribution in [0.2, 0.25) is 0 Å². The van der Waals surface area contributed by atoms with Crippen molar-refractivity contribution in [1.82, 2.24) is 10.2 Å². The maximum Gasteiger partial charge on any atom is 0.0101 e. The van der Waals surface area contributed by atoms with Crippen LogP contribution in [0.3, 0.4) is 0 Å². The average Bonchev–Trinajstić information content (AvgIpc) is 2.46. The van der Waals surface area contributed by atoms with Gasteiger partial charge >= 0.3 is 0 Å². The van der Waals surface area contributed by atoms with Crippen molar-refractivity contribution < 1.29 is 0 Å². The lowest BCUT2D eigenvalue weighted by atomic mass is 9.99. The van der Waals surface area contributed by atoms with Crippen LogP contribution in [0.25, 0.3) is 12.2 Å². The maximum atomic E-state index is 3.80. The first-order chi connectivity index (χ1) is 9.60. The second kappa shape index (κ2) is 11.4. The summed E-state index contributed by atoms with van der Waals surface area (Å²) >= 11 is 0. The Bertz CT molecular complexity index is 394. The first kappa shape index (κ1) is 18.6. The number of nitrogens with zero attached hydrogens (tertiary/aromatic N) is 1. The Morgan fingerprint density at radius 3 is 2.30 bits per heavy atom. The molecule has 112 valence electrons. The minimum atomic E-state index is 1.04. The first-order valence-corrected chi connectivity index (χ1v) is 7.32. The molecule has 0 aliphatic heterocycles. The van der Waals surface area contributed by atoms with Gasteiger partial charge in [-0.05, 0) is 43.8 Å². The topological polar surface area (TPSA) is 15.3 Å². The van der Waals surface area contributed by atoms with Gasteiger partial charge in [0.15, 0.2) is 0 Å². The molecule has 0 bridgehead atoms. The van der Waals surface area contributed by atoms with Crippen LogP contribution in [0.4, 0.5) is 0 Å². The van der Waals surface area contributed by atoms with Crippen molar-refractivity contribution in [3.63, 3.8) is 0 Å². The minimum Gasteiger partial charge on any atom is -0.316 e. The molecule has 1 N–H and O–H groups in total. The standard InChI is InChI=1S/C12H14.C6H16N2/c1-4-10-8-7-9-11(5-2)12(10)6-3;1-4-7-5-6-8(2)3/h4,6-9H,1,3,5H2,2H3;7H,4-6H2,1-3H3. The highest BCUT2D eigenvalue weighted by Crippen LogP contribution is 2.17. The molecule has 0 spiro atoms. The van der Waals surface area contributed by atoms with Crippen LogP contribution < -0.4 is 5.32 Å². The van der Waals surface area contributed by atoms with E-state index >= 15 is 0 Å². The third kappa shape index (κ3) is 7.27. The van der Waals surface area contributed by atoms with E-state index in [4.69, 9.17) is 0 Å². The van der Waals surface area contributed by atoms with Gasteiger partial charge in [-0.15, -0.1) is 0 Å². The summed E-state index contributed by atoms with van der Waals surface area (Å²) in [6.07, 6.45) is 4.81. The third-order valence-electron chi connectivity index (χ3n) is 3.02. The summed E-state index contributed by atoms with van der Waals surface area (Å²) in [5, 5.41) is 3.24. The van der Waals surface area contributed by atoms with E-state index in [2.05, 4.69) is 69.5 Å². The summed E-state index contributed by atoms with van der Waals surface area (Å²) in [6, 6.07) is 6.25. The smallest absolute Gasteiger partial charge is 0.0101 e. The van der Waals surface area contributed by atoms with Crippen molar-refractivity contribution in [3.05, 3.63) is 48.0 Å². The number of aryl methyl sites for hydroxylation is 1. The lowest BCUT2D eigenvalue weighted by molar-refractivity contribution is 0.402. The molecule has 0 saturated carbocycles. The predicted octanol–water partition coefficient (Wildman–Crippen LogP) is 3.69. The normalized spacial score (nSPS) is 9.85. The lowest BCUT2D eigenvalue weighted by Crippen LogP contribution is -2.26. The van der Waals surface area contributed by atoms with Crippen LogP contribution in [0, 0.1) is 0 Å². The molecule has 1 rings (SSSR count). The van der Waals surface area contributed by atoms with Crippen molar-refractivity contribution in [2.45, 2.75) is 20.3 Å². The van der Waals surface area contributed by atoms with Crippen LogP contribution in [0.15, 0.2) is 31.4 Å². The van der Waals surface area contributed by atoms with Gasteiger partial charge in [-0.1, -0.05) is 57.4 Å². The van der Waals surface area contributed by atoms with Gasteiger partial charge in [-0.3, -0.25) is 0 Å². The predicted molar refractivity (Wildman–Crippen MR) is 93.1 cm³/mol. The maximum absolute atomic E-state index is 3.80. The second-order valence-electron chi connectivity index (χ2n) is 4.84. The van der Waals surface area contributed by atoms with Crippen molar-refractivity contribution >= 4 is 12.2 Å². The van der Waals surface area contributed by atoms with Gasteiger partial charge < -0.3 is 10.2 Å². The highest BCUT2D eigenvalue weighted by atomic mass is 15.1. The van der Waals surface area contributed by atoms with E-state index in [9.17, 15) is 0 Å². The Kier molecular flexibility index (Phi) is 10.7. The molecule has 0 aromatic heterocycles. The zero-order valence-corrected chi connectivity index (χ0v) is 13.6.